The second-order valence-corrected chi connectivity index (χ2v) is 4.59. The summed E-state index contributed by atoms with van der Waals surface area (Å²) in [6.45, 7) is 3.48. The molecule has 1 aromatic heterocycles. The number of anilines is 1. The molecule has 1 aromatic rings. The molecule has 0 unspecified atom stereocenters. The van der Waals surface area contributed by atoms with E-state index in [-0.39, 0.29) is 5.12 Å². The highest BCUT2D eigenvalue weighted by Gasteiger charge is 1.95. The Morgan fingerprint density at radius 3 is 3.00 bits per heavy atom. The highest BCUT2D eigenvalue weighted by atomic mass is 32.2. The second-order valence-electron chi connectivity index (χ2n) is 3.32. The molecule has 0 saturated heterocycles. The number of aromatic nitrogens is 1. The van der Waals surface area contributed by atoms with Gasteiger partial charge in [0.25, 0.3) is 0 Å². The third kappa shape index (κ3) is 4.37. The van der Waals surface area contributed by atoms with E-state index in [1.54, 1.807) is 13.1 Å². The van der Waals surface area contributed by atoms with E-state index in [1.165, 1.54) is 11.8 Å². The molecule has 84 valence electrons. The van der Waals surface area contributed by atoms with E-state index in [9.17, 15) is 4.79 Å². The Kier molecular flexibility index (Phi) is 4.87. The minimum absolute atomic E-state index is 0.128. The predicted octanol–water partition coefficient (Wildman–Crippen LogP) is 1.99. The Hall–Kier alpha value is -1.47. The van der Waals surface area contributed by atoms with Gasteiger partial charge in [-0.2, -0.15) is 0 Å². The summed E-state index contributed by atoms with van der Waals surface area (Å²) in [5, 5.41) is 0.128. The summed E-state index contributed by atoms with van der Waals surface area (Å²) in [5.74, 6) is 6.65. The van der Waals surface area contributed by atoms with E-state index < -0.39 is 0 Å². The minimum atomic E-state index is 0.128. The molecule has 0 spiro atoms. The van der Waals surface area contributed by atoms with Gasteiger partial charge in [0.2, 0.25) is 0 Å². The van der Waals surface area contributed by atoms with Crippen LogP contribution in [-0.2, 0) is 4.79 Å². The zero-order chi connectivity index (χ0) is 12.0. The molecule has 0 aliphatic heterocycles. The number of carbonyl (C=O) groups excluding carboxylic acids is 1. The average Bonchev–Trinajstić information content (AvgIpc) is 2.22. The van der Waals surface area contributed by atoms with Gasteiger partial charge in [0.05, 0.1) is 11.9 Å². The molecule has 3 nitrogen and oxygen atoms in total. The number of hydrogen-bond acceptors (Lipinski definition) is 4. The number of pyridine rings is 1. The molecular weight excluding hydrogens is 220 g/mol. The fourth-order valence-corrected chi connectivity index (χ4v) is 1.53. The van der Waals surface area contributed by atoms with E-state index in [2.05, 4.69) is 16.8 Å². The van der Waals surface area contributed by atoms with Crippen molar-refractivity contribution in [3.05, 3.63) is 23.5 Å². The normalized spacial score (nSPS) is 9.38. The molecule has 0 atom stereocenters. The molecule has 0 radical (unpaired) electrons. The lowest BCUT2D eigenvalue weighted by atomic mass is 10.2. The molecule has 0 aliphatic rings. The standard InChI is InChI=1S/C12H14N2OS/c1-9-7-11(14-8-12(9)13)5-3-4-6-16-10(2)15/h7-8H,4,6,13H2,1-2H3. The van der Waals surface area contributed by atoms with Gasteiger partial charge in [-0.3, -0.25) is 4.79 Å². The lowest BCUT2D eigenvalue weighted by Crippen LogP contribution is -1.92. The first-order valence-corrected chi connectivity index (χ1v) is 5.92. The van der Waals surface area contributed by atoms with Crippen molar-refractivity contribution in [3.63, 3.8) is 0 Å². The average molecular weight is 234 g/mol. The minimum Gasteiger partial charge on any atom is -0.397 e. The Balaban J connectivity index is 2.50. The topological polar surface area (TPSA) is 56.0 Å². The van der Waals surface area contributed by atoms with Crippen molar-refractivity contribution in [2.45, 2.75) is 20.3 Å². The number of rotatable bonds is 2. The molecule has 1 rings (SSSR count). The summed E-state index contributed by atoms with van der Waals surface area (Å²) < 4.78 is 0. The number of thioether (sulfide) groups is 1. The first-order chi connectivity index (χ1) is 7.59. The van der Waals surface area contributed by atoms with Crippen LogP contribution >= 0.6 is 11.8 Å². The second kappa shape index (κ2) is 6.19. The van der Waals surface area contributed by atoms with Crippen LogP contribution in [-0.4, -0.2) is 15.9 Å². The lowest BCUT2D eigenvalue weighted by Gasteiger charge is -1.97. The van der Waals surface area contributed by atoms with Gasteiger partial charge in [0, 0.05) is 19.1 Å². The van der Waals surface area contributed by atoms with Crippen molar-refractivity contribution < 1.29 is 4.79 Å². The fraction of sp³-hybridized carbons (Fsp3) is 0.333. The van der Waals surface area contributed by atoms with Crippen LogP contribution in [0.1, 0.15) is 24.6 Å². The number of nitrogens with two attached hydrogens (primary N) is 1. The van der Waals surface area contributed by atoms with E-state index in [0.717, 1.165) is 17.0 Å². The predicted molar refractivity (Wildman–Crippen MR) is 68.0 cm³/mol. The number of nitrogens with zero attached hydrogens (tertiary/aromatic N) is 1. The van der Waals surface area contributed by atoms with Gasteiger partial charge in [-0.25, -0.2) is 4.98 Å². The van der Waals surface area contributed by atoms with Crippen LogP contribution in [0.4, 0.5) is 5.69 Å². The summed E-state index contributed by atoms with van der Waals surface area (Å²) in [7, 11) is 0. The van der Waals surface area contributed by atoms with Crippen LogP contribution < -0.4 is 5.73 Å². The van der Waals surface area contributed by atoms with Crippen molar-refractivity contribution in [1.29, 1.82) is 0 Å². The molecule has 1 heterocycles. The summed E-state index contributed by atoms with van der Waals surface area (Å²) in [6.07, 6.45) is 2.30. The van der Waals surface area contributed by atoms with Crippen molar-refractivity contribution in [2.24, 2.45) is 0 Å². The summed E-state index contributed by atoms with van der Waals surface area (Å²) >= 11 is 1.29. The Bertz CT molecular complexity index is 446. The van der Waals surface area contributed by atoms with Gasteiger partial charge in [-0.15, -0.1) is 0 Å². The number of carbonyl (C=O) groups is 1. The van der Waals surface area contributed by atoms with Crippen LogP contribution in [0.3, 0.4) is 0 Å². The van der Waals surface area contributed by atoms with Gasteiger partial charge in [-0.1, -0.05) is 17.7 Å². The molecule has 0 bridgehead atoms. The molecule has 0 saturated carbocycles. The van der Waals surface area contributed by atoms with E-state index in [0.29, 0.717) is 12.1 Å². The third-order valence-corrected chi connectivity index (χ3v) is 2.71. The number of aryl methyl sites for hydroxylation is 1. The monoisotopic (exact) mass is 234 g/mol. The highest BCUT2D eigenvalue weighted by Crippen LogP contribution is 2.08. The quantitative estimate of drug-likeness (QED) is 0.628. The molecule has 0 aromatic carbocycles. The molecule has 0 fully saturated rings. The zero-order valence-electron chi connectivity index (χ0n) is 9.41. The van der Waals surface area contributed by atoms with E-state index >= 15 is 0 Å². The maximum Gasteiger partial charge on any atom is 0.185 e. The van der Waals surface area contributed by atoms with Crippen molar-refractivity contribution >= 4 is 22.6 Å². The first-order valence-electron chi connectivity index (χ1n) is 4.94. The summed E-state index contributed by atoms with van der Waals surface area (Å²) in [5.41, 5.74) is 8.03. The van der Waals surface area contributed by atoms with Crippen molar-refractivity contribution in [2.75, 3.05) is 11.5 Å². The molecule has 4 heteroatoms. The fourth-order valence-electron chi connectivity index (χ4n) is 1.03. The van der Waals surface area contributed by atoms with Crippen molar-refractivity contribution in [3.8, 4) is 11.8 Å². The van der Waals surface area contributed by atoms with E-state index in [4.69, 9.17) is 5.73 Å². The van der Waals surface area contributed by atoms with Crippen molar-refractivity contribution in [1.82, 2.24) is 4.98 Å². The molecule has 0 amide bonds. The molecule has 16 heavy (non-hydrogen) atoms. The van der Waals surface area contributed by atoms with Gasteiger partial charge in [-0.05, 0) is 24.5 Å². The Labute approximate surface area is 99.8 Å². The third-order valence-electron chi connectivity index (χ3n) is 1.90. The van der Waals surface area contributed by atoms with Crippen LogP contribution in [0.2, 0.25) is 0 Å². The maximum absolute atomic E-state index is 10.6. The van der Waals surface area contributed by atoms with Gasteiger partial charge in [0.1, 0.15) is 5.69 Å². The summed E-state index contributed by atoms with van der Waals surface area (Å²) in [4.78, 5) is 14.7. The highest BCUT2D eigenvalue weighted by molar-refractivity contribution is 8.13. The lowest BCUT2D eigenvalue weighted by molar-refractivity contribution is -0.109. The number of nitrogen functional groups attached to an aromatic ring is 1. The van der Waals surface area contributed by atoms with E-state index in [1.807, 2.05) is 13.0 Å². The SMILES string of the molecule is CC(=O)SCCC#Cc1cc(C)c(N)cn1. The molecular formula is C12H14N2OS. The summed E-state index contributed by atoms with van der Waals surface area (Å²) in [6, 6.07) is 1.86. The first kappa shape index (κ1) is 12.6. The zero-order valence-corrected chi connectivity index (χ0v) is 10.2. The van der Waals surface area contributed by atoms with Crippen LogP contribution in [0.25, 0.3) is 0 Å². The van der Waals surface area contributed by atoms with Gasteiger partial charge >= 0.3 is 0 Å². The van der Waals surface area contributed by atoms with Crippen LogP contribution in [0, 0.1) is 18.8 Å². The van der Waals surface area contributed by atoms with Crippen LogP contribution in [0.5, 0.6) is 0 Å². The smallest absolute Gasteiger partial charge is 0.185 e. The Morgan fingerprint density at radius 2 is 2.38 bits per heavy atom. The maximum atomic E-state index is 10.6. The largest absolute Gasteiger partial charge is 0.397 e. The molecule has 2 N–H and O–H groups in total. The molecule has 0 aliphatic carbocycles. The van der Waals surface area contributed by atoms with Crippen LogP contribution in [0.15, 0.2) is 12.3 Å². The van der Waals surface area contributed by atoms with Gasteiger partial charge in [0.15, 0.2) is 5.12 Å². The Morgan fingerprint density at radius 1 is 1.62 bits per heavy atom. The number of hydrogen-bond donors (Lipinski definition) is 1. The van der Waals surface area contributed by atoms with Gasteiger partial charge < -0.3 is 5.73 Å².